The van der Waals surface area contributed by atoms with Gasteiger partial charge in [0.05, 0.1) is 18.5 Å². The summed E-state index contributed by atoms with van der Waals surface area (Å²) in [5.41, 5.74) is 1.05. The Balaban J connectivity index is 2.18. The van der Waals surface area contributed by atoms with E-state index in [1.54, 1.807) is 37.4 Å². The molecule has 4 heteroatoms. The van der Waals surface area contributed by atoms with Gasteiger partial charge in [-0.25, -0.2) is 4.39 Å². The van der Waals surface area contributed by atoms with Gasteiger partial charge in [0, 0.05) is 23.2 Å². The fraction of sp³-hybridized carbons (Fsp3) is 0.200. The van der Waals surface area contributed by atoms with E-state index in [0.717, 1.165) is 5.39 Å². The third-order valence-corrected chi connectivity index (χ3v) is 2.61. The van der Waals surface area contributed by atoms with Gasteiger partial charge in [-0.15, -0.1) is 0 Å². The number of fused-ring (bicyclic) bond motifs is 1. The number of nitrogens with zero attached hydrogens (tertiary/aromatic N) is 1. The minimum absolute atomic E-state index is 0.137. The second-order valence-corrected chi connectivity index (χ2v) is 3.98. The first-order chi connectivity index (χ1) is 9.20. The van der Waals surface area contributed by atoms with E-state index in [9.17, 15) is 9.18 Å². The summed E-state index contributed by atoms with van der Waals surface area (Å²) in [5, 5.41) is 0.861. The lowest BCUT2D eigenvalue weighted by Crippen LogP contribution is -2.01. The number of halogens is 1. The van der Waals surface area contributed by atoms with Gasteiger partial charge in [0.2, 0.25) is 0 Å². The Morgan fingerprint density at radius 2 is 2.32 bits per heavy atom. The van der Waals surface area contributed by atoms with Crippen molar-refractivity contribution in [1.82, 2.24) is 4.98 Å². The molecule has 1 aromatic carbocycles. The summed E-state index contributed by atoms with van der Waals surface area (Å²) >= 11 is 0. The van der Waals surface area contributed by atoms with Gasteiger partial charge in [-0.05, 0) is 19.1 Å². The maximum Gasteiger partial charge on any atom is 0.309 e. The van der Waals surface area contributed by atoms with E-state index in [1.807, 2.05) is 6.07 Å². The van der Waals surface area contributed by atoms with Crippen molar-refractivity contribution in [3.05, 3.63) is 47.9 Å². The number of ether oxygens (including phenoxy) is 1. The number of benzene rings is 1. The van der Waals surface area contributed by atoms with Crippen LogP contribution in [0.3, 0.4) is 0 Å². The van der Waals surface area contributed by atoms with Crippen LogP contribution in [0.25, 0.3) is 17.0 Å². The van der Waals surface area contributed by atoms with E-state index in [2.05, 4.69) is 4.98 Å². The lowest BCUT2D eigenvalue weighted by molar-refractivity contribution is -0.142. The molecule has 1 aromatic heterocycles. The molecule has 0 saturated heterocycles. The fourth-order valence-electron chi connectivity index (χ4n) is 1.74. The van der Waals surface area contributed by atoms with Crippen LogP contribution in [0.15, 0.2) is 36.5 Å². The third kappa shape index (κ3) is 3.37. The van der Waals surface area contributed by atoms with Crippen molar-refractivity contribution in [2.24, 2.45) is 0 Å². The highest BCUT2D eigenvalue weighted by atomic mass is 19.1. The molecule has 98 valence electrons. The van der Waals surface area contributed by atoms with Crippen LogP contribution in [0.1, 0.15) is 18.9 Å². The van der Waals surface area contributed by atoms with Crippen molar-refractivity contribution in [3.63, 3.8) is 0 Å². The number of carbonyl (C=O) groups is 1. The Hall–Kier alpha value is -2.23. The van der Waals surface area contributed by atoms with Gasteiger partial charge in [0.15, 0.2) is 0 Å². The molecule has 0 saturated carbocycles. The van der Waals surface area contributed by atoms with E-state index in [0.29, 0.717) is 17.7 Å². The third-order valence-electron chi connectivity index (χ3n) is 2.61. The minimum Gasteiger partial charge on any atom is -0.466 e. The first-order valence-corrected chi connectivity index (χ1v) is 6.07. The summed E-state index contributed by atoms with van der Waals surface area (Å²) in [6.07, 6.45) is 4.94. The second kappa shape index (κ2) is 6.09. The number of aromatic nitrogens is 1. The van der Waals surface area contributed by atoms with Crippen molar-refractivity contribution in [2.45, 2.75) is 13.3 Å². The molecule has 0 aliphatic heterocycles. The Bertz CT molecular complexity index is 623. The van der Waals surface area contributed by atoms with Crippen molar-refractivity contribution < 1.29 is 13.9 Å². The van der Waals surface area contributed by atoms with Crippen LogP contribution >= 0.6 is 0 Å². The highest BCUT2D eigenvalue weighted by Crippen LogP contribution is 2.18. The van der Waals surface area contributed by atoms with Crippen molar-refractivity contribution in [2.75, 3.05) is 6.61 Å². The average Bonchev–Trinajstić information content (AvgIpc) is 2.39. The van der Waals surface area contributed by atoms with Crippen LogP contribution in [0, 0.1) is 5.82 Å². The summed E-state index contributed by atoms with van der Waals surface area (Å²) in [6, 6.07) is 6.76. The second-order valence-electron chi connectivity index (χ2n) is 3.98. The fourth-order valence-corrected chi connectivity index (χ4v) is 1.74. The van der Waals surface area contributed by atoms with E-state index in [4.69, 9.17) is 4.74 Å². The summed E-state index contributed by atoms with van der Waals surface area (Å²) in [4.78, 5) is 15.2. The summed E-state index contributed by atoms with van der Waals surface area (Å²) in [7, 11) is 0. The van der Waals surface area contributed by atoms with Crippen LogP contribution in [-0.4, -0.2) is 17.6 Å². The zero-order valence-corrected chi connectivity index (χ0v) is 10.6. The molecule has 0 amide bonds. The molecule has 1 heterocycles. The Labute approximate surface area is 110 Å². The molecule has 0 fully saturated rings. The topological polar surface area (TPSA) is 39.2 Å². The van der Waals surface area contributed by atoms with Gasteiger partial charge < -0.3 is 4.74 Å². The average molecular weight is 259 g/mol. The molecule has 2 rings (SSSR count). The van der Waals surface area contributed by atoms with Crippen molar-refractivity contribution in [3.8, 4) is 0 Å². The summed E-state index contributed by atoms with van der Waals surface area (Å²) in [5.74, 6) is -0.673. The Kier molecular flexibility index (Phi) is 4.23. The number of rotatable bonds is 4. The smallest absolute Gasteiger partial charge is 0.309 e. The standard InChI is InChI=1S/C15H14FNO2/c1-2-19-15(18)7-3-5-11-9-12-6-4-8-17-14(12)10-13(11)16/h3-6,8-10H,2,7H2,1H3. The number of hydrogen-bond acceptors (Lipinski definition) is 3. The molecular formula is C15H14FNO2. The molecule has 2 aromatic rings. The lowest BCUT2D eigenvalue weighted by Gasteiger charge is -2.01. The number of hydrogen-bond donors (Lipinski definition) is 0. The molecule has 0 unspecified atom stereocenters. The van der Waals surface area contributed by atoms with Gasteiger partial charge in [0.25, 0.3) is 0 Å². The molecule has 0 radical (unpaired) electrons. The monoisotopic (exact) mass is 259 g/mol. The summed E-state index contributed by atoms with van der Waals surface area (Å²) < 4.78 is 18.6. The van der Waals surface area contributed by atoms with Crippen LogP contribution < -0.4 is 0 Å². The molecule has 0 aliphatic rings. The van der Waals surface area contributed by atoms with Crippen LogP contribution in [0.5, 0.6) is 0 Å². The molecule has 19 heavy (non-hydrogen) atoms. The zero-order chi connectivity index (χ0) is 13.7. The van der Waals surface area contributed by atoms with Crippen molar-refractivity contribution in [1.29, 1.82) is 0 Å². The molecule has 0 atom stereocenters. The van der Waals surface area contributed by atoms with Gasteiger partial charge in [-0.2, -0.15) is 0 Å². The summed E-state index contributed by atoms with van der Waals surface area (Å²) in [6.45, 7) is 2.10. The zero-order valence-electron chi connectivity index (χ0n) is 10.6. The molecule has 0 bridgehead atoms. The quantitative estimate of drug-likeness (QED) is 0.790. The number of pyridine rings is 1. The molecule has 3 nitrogen and oxygen atoms in total. The number of esters is 1. The minimum atomic E-state index is -0.355. The normalized spacial score (nSPS) is 11.1. The predicted molar refractivity (Wildman–Crippen MR) is 72.0 cm³/mol. The van der Waals surface area contributed by atoms with E-state index < -0.39 is 0 Å². The van der Waals surface area contributed by atoms with Gasteiger partial charge in [-0.3, -0.25) is 9.78 Å². The SMILES string of the molecule is CCOC(=O)CC=Cc1cc2cccnc2cc1F. The number of carbonyl (C=O) groups excluding carboxylic acids is 1. The predicted octanol–water partition coefficient (Wildman–Crippen LogP) is 3.34. The molecule has 0 spiro atoms. The van der Waals surface area contributed by atoms with E-state index >= 15 is 0 Å². The highest BCUT2D eigenvalue weighted by Gasteiger charge is 2.03. The Morgan fingerprint density at radius 1 is 1.47 bits per heavy atom. The largest absolute Gasteiger partial charge is 0.466 e. The van der Waals surface area contributed by atoms with Gasteiger partial charge in [-0.1, -0.05) is 18.2 Å². The molecule has 0 N–H and O–H groups in total. The molecule has 0 aliphatic carbocycles. The first kappa shape index (κ1) is 13.2. The van der Waals surface area contributed by atoms with Gasteiger partial charge in [0.1, 0.15) is 5.82 Å². The first-order valence-electron chi connectivity index (χ1n) is 6.07. The van der Waals surface area contributed by atoms with Crippen LogP contribution in [0.4, 0.5) is 4.39 Å². The van der Waals surface area contributed by atoms with Gasteiger partial charge >= 0.3 is 5.97 Å². The van der Waals surface area contributed by atoms with Crippen molar-refractivity contribution >= 4 is 22.9 Å². The lowest BCUT2D eigenvalue weighted by atomic mass is 10.1. The Morgan fingerprint density at radius 3 is 3.11 bits per heavy atom. The maximum absolute atomic E-state index is 13.8. The van der Waals surface area contributed by atoms with Crippen LogP contribution in [-0.2, 0) is 9.53 Å². The van der Waals surface area contributed by atoms with E-state index in [-0.39, 0.29) is 18.2 Å². The maximum atomic E-state index is 13.8. The van der Waals surface area contributed by atoms with Crippen LogP contribution in [0.2, 0.25) is 0 Å². The molecular weight excluding hydrogens is 245 g/mol. The van der Waals surface area contributed by atoms with E-state index in [1.165, 1.54) is 6.07 Å². The highest BCUT2D eigenvalue weighted by molar-refractivity contribution is 5.81.